The van der Waals surface area contributed by atoms with Crippen molar-refractivity contribution in [3.63, 3.8) is 0 Å². The fourth-order valence-electron chi connectivity index (χ4n) is 2.58. The highest BCUT2D eigenvalue weighted by Gasteiger charge is 2.29. The van der Waals surface area contributed by atoms with Crippen LogP contribution in [0.25, 0.3) is 0 Å². The van der Waals surface area contributed by atoms with Crippen molar-refractivity contribution in [2.24, 2.45) is 17.6 Å². The van der Waals surface area contributed by atoms with Gasteiger partial charge < -0.3 is 16.4 Å². The second-order valence-electron chi connectivity index (χ2n) is 6.99. The summed E-state index contributed by atoms with van der Waals surface area (Å²) in [6.07, 6.45) is 2.93. The number of nitrogens with one attached hydrogen (secondary N) is 2. The average molecular weight is 283 g/mol. The number of carbonyl (C=O) groups is 2. The average Bonchev–Trinajstić information content (AvgIpc) is 2.30. The van der Waals surface area contributed by atoms with Gasteiger partial charge in [0.25, 0.3) is 0 Å². The molecular weight excluding hydrogens is 254 g/mol. The van der Waals surface area contributed by atoms with Crippen LogP contribution in [0.4, 0.5) is 0 Å². The first kappa shape index (κ1) is 17.0. The van der Waals surface area contributed by atoms with Crippen LogP contribution in [0.2, 0.25) is 0 Å². The minimum Gasteiger partial charge on any atom is -0.355 e. The van der Waals surface area contributed by atoms with E-state index in [2.05, 4.69) is 17.6 Å². The van der Waals surface area contributed by atoms with Crippen molar-refractivity contribution in [3.05, 3.63) is 0 Å². The molecule has 4 N–H and O–H groups in total. The zero-order valence-corrected chi connectivity index (χ0v) is 13.2. The number of nitrogens with two attached hydrogens (primary N) is 1. The molecule has 3 unspecified atom stereocenters. The molecule has 0 radical (unpaired) electrons. The summed E-state index contributed by atoms with van der Waals surface area (Å²) >= 11 is 0. The minimum atomic E-state index is -0.226. The van der Waals surface area contributed by atoms with Gasteiger partial charge in [-0.1, -0.05) is 6.92 Å². The summed E-state index contributed by atoms with van der Waals surface area (Å²) < 4.78 is 0. The molecule has 0 aromatic carbocycles. The van der Waals surface area contributed by atoms with Crippen molar-refractivity contribution >= 4 is 11.8 Å². The second kappa shape index (κ2) is 7.07. The van der Waals surface area contributed by atoms with Crippen LogP contribution in [0, 0.1) is 11.8 Å². The Hall–Kier alpha value is -1.10. The zero-order chi connectivity index (χ0) is 15.3. The van der Waals surface area contributed by atoms with E-state index in [0.717, 1.165) is 19.3 Å². The smallest absolute Gasteiger partial charge is 0.223 e. The number of carbonyl (C=O) groups excluding carboxylic acids is 2. The van der Waals surface area contributed by atoms with Crippen molar-refractivity contribution in [3.8, 4) is 0 Å². The van der Waals surface area contributed by atoms with Crippen LogP contribution >= 0.6 is 0 Å². The van der Waals surface area contributed by atoms with Gasteiger partial charge in [0.05, 0.1) is 0 Å². The quantitative estimate of drug-likeness (QED) is 0.724. The van der Waals surface area contributed by atoms with E-state index < -0.39 is 0 Å². The Morgan fingerprint density at radius 3 is 2.45 bits per heavy atom. The van der Waals surface area contributed by atoms with Gasteiger partial charge in [-0.3, -0.25) is 9.59 Å². The maximum absolute atomic E-state index is 12.0. The molecule has 0 aromatic heterocycles. The largest absolute Gasteiger partial charge is 0.355 e. The predicted molar refractivity (Wildman–Crippen MR) is 80.0 cm³/mol. The fourth-order valence-corrected chi connectivity index (χ4v) is 2.58. The van der Waals surface area contributed by atoms with Crippen LogP contribution in [-0.2, 0) is 9.59 Å². The predicted octanol–water partition coefficient (Wildman–Crippen LogP) is 1.17. The monoisotopic (exact) mass is 283 g/mol. The number of amides is 2. The van der Waals surface area contributed by atoms with Crippen molar-refractivity contribution < 1.29 is 9.59 Å². The van der Waals surface area contributed by atoms with Gasteiger partial charge in [0, 0.05) is 30.5 Å². The Morgan fingerprint density at radius 2 is 1.90 bits per heavy atom. The zero-order valence-electron chi connectivity index (χ0n) is 13.2. The van der Waals surface area contributed by atoms with Crippen LogP contribution in [0.5, 0.6) is 0 Å². The molecule has 0 bridgehead atoms. The molecule has 0 saturated heterocycles. The maximum Gasteiger partial charge on any atom is 0.223 e. The molecule has 1 fully saturated rings. The van der Waals surface area contributed by atoms with Gasteiger partial charge in [0.15, 0.2) is 0 Å². The van der Waals surface area contributed by atoms with Crippen molar-refractivity contribution in [1.82, 2.24) is 10.6 Å². The summed E-state index contributed by atoms with van der Waals surface area (Å²) in [6, 6.07) is 0.219. The van der Waals surface area contributed by atoms with E-state index in [-0.39, 0.29) is 29.3 Å². The van der Waals surface area contributed by atoms with E-state index in [9.17, 15) is 9.59 Å². The maximum atomic E-state index is 12.0. The third kappa shape index (κ3) is 5.90. The molecule has 0 aliphatic heterocycles. The lowest BCUT2D eigenvalue weighted by atomic mass is 9.79. The Bertz CT molecular complexity index is 350. The second-order valence-corrected chi connectivity index (χ2v) is 6.99. The van der Waals surface area contributed by atoms with Crippen LogP contribution < -0.4 is 16.4 Å². The van der Waals surface area contributed by atoms with Gasteiger partial charge in [-0.15, -0.1) is 0 Å². The van der Waals surface area contributed by atoms with Crippen LogP contribution in [0.3, 0.4) is 0 Å². The number of hydrogen-bond acceptors (Lipinski definition) is 3. The molecule has 5 heteroatoms. The van der Waals surface area contributed by atoms with Crippen LogP contribution in [0.15, 0.2) is 0 Å². The molecule has 1 aliphatic rings. The molecule has 0 spiro atoms. The Balaban J connectivity index is 2.25. The normalized spacial score (nSPS) is 26.9. The molecule has 0 aromatic rings. The lowest BCUT2D eigenvalue weighted by Crippen LogP contribution is -2.43. The summed E-state index contributed by atoms with van der Waals surface area (Å²) in [5.41, 5.74) is 5.73. The highest BCUT2D eigenvalue weighted by atomic mass is 16.2. The number of hydrogen-bond donors (Lipinski definition) is 3. The molecule has 1 saturated carbocycles. The third-order valence-corrected chi connectivity index (χ3v) is 3.77. The van der Waals surface area contributed by atoms with Crippen molar-refractivity contribution in [2.75, 3.05) is 6.54 Å². The van der Waals surface area contributed by atoms with E-state index in [1.54, 1.807) is 0 Å². The summed E-state index contributed by atoms with van der Waals surface area (Å²) in [6.45, 7) is 8.32. The summed E-state index contributed by atoms with van der Waals surface area (Å²) in [5.74, 6) is 0.475. The highest BCUT2D eigenvalue weighted by molar-refractivity contribution is 5.80. The molecule has 1 aliphatic carbocycles. The van der Waals surface area contributed by atoms with Gasteiger partial charge in [-0.2, -0.15) is 0 Å². The van der Waals surface area contributed by atoms with Crippen LogP contribution in [-0.4, -0.2) is 29.9 Å². The molecule has 20 heavy (non-hydrogen) atoms. The van der Waals surface area contributed by atoms with Gasteiger partial charge in [-0.05, 0) is 46.0 Å². The standard InChI is InChI=1S/C15H29N3O2/c1-10-9-11(5-6-12(10)16)14(20)17-8-7-13(19)18-15(2,3)4/h10-12H,5-9,16H2,1-4H3,(H,17,20)(H,18,19). The van der Waals surface area contributed by atoms with E-state index in [1.165, 1.54) is 0 Å². The number of rotatable bonds is 4. The first-order chi connectivity index (χ1) is 9.19. The fraction of sp³-hybridized carbons (Fsp3) is 0.867. The Kier molecular flexibility index (Phi) is 5.99. The summed E-state index contributed by atoms with van der Waals surface area (Å²) in [4.78, 5) is 23.7. The molecule has 2 amide bonds. The van der Waals surface area contributed by atoms with Crippen molar-refractivity contribution in [1.29, 1.82) is 0 Å². The molecule has 3 atom stereocenters. The van der Waals surface area contributed by atoms with E-state index in [4.69, 9.17) is 5.73 Å². The van der Waals surface area contributed by atoms with E-state index >= 15 is 0 Å². The molecule has 116 valence electrons. The van der Waals surface area contributed by atoms with Crippen molar-refractivity contribution in [2.45, 2.75) is 65.0 Å². The van der Waals surface area contributed by atoms with Gasteiger partial charge in [0.2, 0.25) is 11.8 Å². The molecular formula is C15H29N3O2. The van der Waals surface area contributed by atoms with Gasteiger partial charge >= 0.3 is 0 Å². The summed E-state index contributed by atoms with van der Waals surface area (Å²) in [7, 11) is 0. The summed E-state index contributed by atoms with van der Waals surface area (Å²) in [5, 5.41) is 5.74. The lowest BCUT2D eigenvalue weighted by molar-refractivity contribution is -0.126. The SMILES string of the molecule is CC1CC(C(=O)NCCC(=O)NC(C)(C)C)CCC1N. The first-order valence-corrected chi connectivity index (χ1v) is 7.53. The third-order valence-electron chi connectivity index (χ3n) is 3.77. The molecule has 0 heterocycles. The van der Waals surface area contributed by atoms with Crippen LogP contribution in [0.1, 0.15) is 53.4 Å². The van der Waals surface area contributed by atoms with Gasteiger partial charge in [0.1, 0.15) is 0 Å². The Morgan fingerprint density at radius 1 is 1.25 bits per heavy atom. The topological polar surface area (TPSA) is 84.2 Å². The molecule has 5 nitrogen and oxygen atoms in total. The van der Waals surface area contributed by atoms with E-state index in [1.807, 2.05) is 20.8 Å². The first-order valence-electron chi connectivity index (χ1n) is 7.53. The molecule has 1 rings (SSSR count). The Labute approximate surface area is 122 Å². The minimum absolute atomic E-state index is 0.0307. The van der Waals surface area contributed by atoms with E-state index in [0.29, 0.717) is 18.9 Å². The lowest BCUT2D eigenvalue weighted by Gasteiger charge is -2.31. The van der Waals surface area contributed by atoms with Gasteiger partial charge in [-0.25, -0.2) is 0 Å². The highest BCUT2D eigenvalue weighted by Crippen LogP contribution is 2.27.